The minimum atomic E-state index is -0.447. The zero-order chi connectivity index (χ0) is 24.9. The lowest BCUT2D eigenvalue weighted by Crippen LogP contribution is -2.38. The summed E-state index contributed by atoms with van der Waals surface area (Å²) in [6.07, 6.45) is 5.27. The molecule has 4 N–H and O–H groups in total. The summed E-state index contributed by atoms with van der Waals surface area (Å²) in [4.78, 5) is 13.8. The number of ether oxygens (including phenoxy) is 1. The zero-order valence-electron chi connectivity index (χ0n) is 20.7. The van der Waals surface area contributed by atoms with Crippen molar-refractivity contribution < 1.29 is 9.84 Å². The number of nitrogens with zero attached hydrogens (tertiary/aromatic N) is 3. The maximum Gasteiger partial charge on any atom is 0.228 e. The smallest absolute Gasteiger partial charge is 0.228 e. The lowest BCUT2D eigenvalue weighted by atomic mass is 10.0. The van der Waals surface area contributed by atoms with Crippen LogP contribution in [0.3, 0.4) is 0 Å². The summed E-state index contributed by atoms with van der Waals surface area (Å²) in [6.45, 7) is 6.21. The van der Waals surface area contributed by atoms with Crippen molar-refractivity contribution in [2.75, 3.05) is 30.3 Å². The summed E-state index contributed by atoms with van der Waals surface area (Å²) >= 11 is 0. The first kappa shape index (κ1) is 24.0. The highest BCUT2D eigenvalue weighted by atomic mass is 16.5. The van der Waals surface area contributed by atoms with Gasteiger partial charge in [-0.2, -0.15) is 0 Å². The van der Waals surface area contributed by atoms with E-state index >= 15 is 0 Å². The van der Waals surface area contributed by atoms with Gasteiger partial charge in [0.2, 0.25) is 11.8 Å². The Morgan fingerprint density at radius 2 is 1.97 bits per heavy atom. The molecule has 1 fully saturated rings. The van der Waals surface area contributed by atoms with E-state index < -0.39 is 6.10 Å². The number of anilines is 2. The van der Waals surface area contributed by atoms with Crippen molar-refractivity contribution in [2.24, 2.45) is 0 Å². The van der Waals surface area contributed by atoms with Crippen LogP contribution >= 0.6 is 0 Å². The van der Waals surface area contributed by atoms with Crippen LogP contribution in [0.5, 0.6) is 11.6 Å². The third kappa shape index (κ3) is 5.40. The Hall–Kier alpha value is -3.75. The topological polar surface area (TPSA) is 104 Å². The molecule has 8 heteroatoms. The Bertz CT molecular complexity index is 1340. The van der Waals surface area contributed by atoms with Crippen LogP contribution in [-0.4, -0.2) is 51.8 Å². The van der Waals surface area contributed by atoms with E-state index in [0.29, 0.717) is 24.4 Å². The number of piperidine rings is 1. The first-order valence-electron chi connectivity index (χ1n) is 12.5. The molecule has 1 aliphatic rings. The van der Waals surface area contributed by atoms with Crippen LogP contribution in [0.2, 0.25) is 0 Å². The van der Waals surface area contributed by atoms with Crippen molar-refractivity contribution in [3.8, 4) is 22.9 Å². The van der Waals surface area contributed by atoms with Gasteiger partial charge in [-0.05, 0) is 63.1 Å². The number of pyridine rings is 1. The van der Waals surface area contributed by atoms with Crippen LogP contribution in [0.4, 0.5) is 11.6 Å². The largest absolute Gasteiger partial charge is 0.437 e. The third-order valence-electron chi connectivity index (χ3n) is 6.30. The molecule has 0 amide bonds. The molecule has 2 atom stereocenters. The second-order valence-electron chi connectivity index (χ2n) is 9.26. The van der Waals surface area contributed by atoms with Gasteiger partial charge >= 0.3 is 0 Å². The first-order chi connectivity index (χ1) is 17.6. The fraction of sp³-hybridized carbons (Fsp3) is 0.321. The SMILES string of the molecule is Cc1cc(NCC(C)O)c2ccccc2c1Oc1ncccc1-c1ccnc(N[C@H]2CCCNC2)n1. The summed E-state index contributed by atoms with van der Waals surface area (Å²) < 4.78 is 6.50. The molecule has 0 spiro atoms. The van der Waals surface area contributed by atoms with Gasteiger partial charge in [0.25, 0.3) is 0 Å². The van der Waals surface area contributed by atoms with Crippen LogP contribution in [0, 0.1) is 6.92 Å². The molecular weight excluding hydrogens is 452 g/mol. The highest BCUT2D eigenvalue weighted by Gasteiger charge is 2.18. The number of aryl methyl sites for hydroxylation is 1. The van der Waals surface area contributed by atoms with Crippen LogP contribution in [0.15, 0.2) is 60.9 Å². The van der Waals surface area contributed by atoms with Crippen molar-refractivity contribution in [2.45, 2.75) is 38.8 Å². The first-order valence-corrected chi connectivity index (χ1v) is 12.5. The van der Waals surface area contributed by atoms with E-state index in [1.807, 2.05) is 55.5 Å². The Morgan fingerprint density at radius 1 is 1.11 bits per heavy atom. The molecule has 0 aliphatic carbocycles. The Kier molecular flexibility index (Phi) is 7.25. The molecule has 8 nitrogen and oxygen atoms in total. The molecule has 1 unspecified atom stereocenters. The highest BCUT2D eigenvalue weighted by Crippen LogP contribution is 2.39. The predicted molar refractivity (Wildman–Crippen MR) is 144 cm³/mol. The average molecular weight is 485 g/mol. The van der Waals surface area contributed by atoms with Crippen molar-refractivity contribution in [3.63, 3.8) is 0 Å². The molecule has 1 aliphatic heterocycles. The van der Waals surface area contributed by atoms with Crippen molar-refractivity contribution >= 4 is 22.4 Å². The normalized spacial score (nSPS) is 16.5. The summed E-state index contributed by atoms with van der Waals surface area (Å²) in [7, 11) is 0. The Labute approximate surface area is 211 Å². The highest BCUT2D eigenvalue weighted by molar-refractivity contribution is 5.99. The molecular formula is C28H32N6O2. The van der Waals surface area contributed by atoms with Crippen LogP contribution < -0.4 is 20.7 Å². The maximum atomic E-state index is 9.74. The van der Waals surface area contributed by atoms with Gasteiger partial charge in [0.1, 0.15) is 5.75 Å². The van der Waals surface area contributed by atoms with Crippen molar-refractivity contribution in [3.05, 3.63) is 66.5 Å². The van der Waals surface area contributed by atoms with E-state index in [1.165, 1.54) is 0 Å². The molecule has 2 aromatic carbocycles. The van der Waals surface area contributed by atoms with Crippen LogP contribution in [0.1, 0.15) is 25.3 Å². The molecule has 1 saturated heterocycles. The summed E-state index contributed by atoms with van der Waals surface area (Å²) in [6, 6.07) is 16.2. The molecule has 186 valence electrons. The maximum absolute atomic E-state index is 9.74. The number of nitrogens with one attached hydrogen (secondary N) is 3. The molecule has 2 aromatic heterocycles. The molecule has 4 aromatic rings. The lowest BCUT2D eigenvalue weighted by molar-refractivity contribution is 0.208. The number of aliphatic hydroxyl groups is 1. The Balaban J connectivity index is 1.47. The molecule has 0 bridgehead atoms. The zero-order valence-corrected chi connectivity index (χ0v) is 20.7. The molecule has 0 radical (unpaired) electrons. The second-order valence-corrected chi connectivity index (χ2v) is 9.26. The number of aliphatic hydroxyl groups excluding tert-OH is 1. The minimum absolute atomic E-state index is 0.313. The van der Waals surface area contributed by atoms with E-state index in [9.17, 15) is 5.11 Å². The molecule has 0 saturated carbocycles. The third-order valence-corrected chi connectivity index (χ3v) is 6.30. The van der Waals surface area contributed by atoms with E-state index in [1.54, 1.807) is 19.3 Å². The quantitative estimate of drug-likeness (QED) is 0.284. The van der Waals surface area contributed by atoms with E-state index in [4.69, 9.17) is 9.72 Å². The van der Waals surface area contributed by atoms with E-state index in [-0.39, 0.29) is 0 Å². The predicted octanol–water partition coefficient (Wildman–Crippen LogP) is 4.75. The van der Waals surface area contributed by atoms with Crippen LogP contribution in [0.25, 0.3) is 22.0 Å². The van der Waals surface area contributed by atoms with Gasteiger partial charge in [0, 0.05) is 48.0 Å². The average Bonchev–Trinajstić information content (AvgIpc) is 2.90. The van der Waals surface area contributed by atoms with Gasteiger partial charge in [-0.1, -0.05) is 24.3 Å². The van der Waals surface area contributed by atoms with Crippen molar-refractivity contribution in [1.82, 2.24) is 20.3 Å². The van der Waals surface area contributed by atoms with Gasteiger partial charge in [-0.15, -0.1) is 0 Å². The minimum Gasteiger partial charge on any atom is -0.437 e. The van der Waals surface area contributed by atoms with E-state index in [2.05, 4.69) is 25.9 Å². The molecule has 5 rings (SSSR count). The monoisotopic (exact) mass is 484 g/mol. The number of fused-ring (bicyclic) bond motifs is 1. The summed E-state index contributed by atoms with van der Waals surface area (Å²) in [5, 5.41) is 21.9. The van der Waals surface area contributed by atoms with Crippen LogP contribution in [-0.2, 0) is 0 Å². The number of rotatable bonds is 8. The molecule has 36 heavy (non-hydrogen) atoms. The van der Waals surface area contributed by atoms with Gasteiger partial charge < -0.3 is 25.8 Å². The number of hydrogen-bond donors (Lipinski definition) is 4. The van der Waals surface area contributed by atoms with E-state index in [0.717, 1.165) is 65.0 Å². The molecule has 3 heterocycles. The fourth-order valence-electron chi connectivity index (χ4n) is 4.53. The lowest BCUT2D eigenvalue weighted by Gasteiger charge is -2.23. The summed E-state index contributed by atoms with van der Waals surface area (Å²) in [5.41, 5.74) is 3.47. The standard InChI is InChI=1S/C28H32N6O2/c1-18-15-25(32-16-19(2)35)21-8-3-4-9-22(21)26(18)36-27-23(10-6-13-30-27)24-11-14-31-28(34-24)33-20-7-5-12-29-17-20/h3-4,6,8-11,13-15,19-20,29,32,35H,5,7,12,16-17H2,1-2H3,(H,31,33,34)/t19?,20-/m0/s1. The van der Waals surface area contributed by atoms with Gasteiger partial charge in [-0.25, -0.2) is 15.0 Å². The Morgan fingerprint density at radius 3 is 2.78 bits per heavy atom. The van der Waals surface area contributed by atoms with Gasteiger partial charge in [0.05, 0.1) is 17.4 Å². The number of aromatic nitrogens is 3. The van der Waals surface area contributed by atoms with Gasteiger partial charge in [-0.3, -0.25) is 0 Å². The second kappa shape index (κ2) is 10.9. The van der Waals surface area contributed by atoms with Gasteiger partial charge in [0.15, 0.2) is 0 Å². The fourth-order valence-corrected chi connectivity index (χ4v) is 4.53. The van der Waals surface area contributed by atoms with Crippen molar-refractivity contribution in [1.29, 1.82) is 0 Å². The number of benzene rings is 2. The summed E-state index contributed by atoms with van der Waals surface area (Å²) in [5.74, 6) is 1.83. The number of hydrogen-bond acceptors (Lipinski definition) is 8.